The fourth-order valence-corrected chi connectivity index (χ4v) is 5.36. The molecule has 3 atom stereocenters. The molecular formula is C33H30N2O5. The number of fused-ring (bicyclic) bond motifs is 1. The number of amides is 2. The van der Waals surface area contributed by atoms with Crippen molar-refractivity contribution in [3.05, 3.63) is 126 Å². The molecule has 0 bridgehead atoms. The van der Waals surface area contributed by atoms with Crippen molar-refractivity contribution in [1.29, 1.82) is 0 Å². The number of rotatable bonds is 9. The molecule has 0 N–H and O–H groups in total. The minimum Gasteiger partial charge on any atom is -0.490 e. The lowest BCUT2D eigenvalue weighted by atomic mass is 9.90. The average Bonchev–Trinajstić information content (AvgIpc) is 3.50. The Kier molecular flexibility index (Phi) is 7.21. The second-order valence-corrected chi connectivity index (χ2v) is 9.82. The van der Waals surface area contributed by atoms with Gasteiger partial charge in [0.1, 0.15) is 12.5 Å². The maximum atomic E-state index is 13.8. The average molecular weight is 535 g/mol. The molecule has 0 unspecified atom stereocenters. The van der Waals surface area contributed by atoms with Crippen molar-refractivity contribution in [2.75, 3.05) is 11.7 Å². The number of hydroxylamine groups is 1. The van der Waals surface area contributed by atoms with Crippen LogP contribution in [0.4, 0.5) is 5.69 Å². The highest BCUT2D eigenvalue weighted by atomic mass is 16.7. The van der Waals surface area contributed by atoms with Gasteiger partial charge in [0, 0.05) is 0 Å². The zero-order valence-electron chi connectivity index (χ0n) is 22.2. The number of carbonyl (C=O) groups is 2. The van der Waals surface area contributed by atoms with Crippen molar-refractivity contribution in [3.63, 3.8) is 0 Å². The molecular weight excluding hydrogens is 504 g/mol. The Labute approximate surface area is 233 Å². The van der Waals surface area contributed by atoms with Crippen LogP contribution in [-0.4, -0.2) is 29.4 Å². The topological polar surface area (TPSA) is 68.3 Å². The Morgan fingerprint density at radius 1 is 0.725 bits per heavy atom. The Morgan fingerprint density at radius 2 is 1.38 bits per heavy atom. The van der Waals surface area contributed by atoms with E-state index < -0.39 is 18.1 Å². The lowest BCUT2D eigenvalue weighted by Crippen LogP contribution is -2.36. The van der Waals surface area contributed by atoms with E-state index in [-0.39, 0.29) is 18.4 Å². The molecule has 2 aliphatic heterocycles. The number of nitrogens with zero attached hydrogens (tertiary/aromatic N) is 2. The van der Waals surface area contributed by atoms with Gasteiger partial charge in [0.05, 0.1) is 24.9 Å². The molecule has 4 aromatic rings. The molecule has 0 radical (unpaired) electrons. The fourth-order valence-electron chi connectivity index (χ4n) is 5.36. The fraction of sp³-hybridized carbons (Fsp3) is 0.212. The lowest BCUT2D eigenvalue weighted by Gasteiger charge is -2.29. The minimum absolute atomic E-state index is 0.212. The van der Waals surface area contributed by atoms with Crippen molar-refractivity contribution >= 4 is 17.5 Å². The SMILES string of the molecule is CCOc1cc([C@@H]2[C@@H]3C(=O)N(Cc4ccccc4)C(=O)[C@@H]3ON2c2ccccc2)ccc1OCc1ccccc1. The summed E-state index contributed by atoms with van der Waals surface area (Å²) in [4.78, 5) is 34.9. The highest BCUT2D eigenvalue weighted by molar-refractivity contribution is 6.07. The largest absolute Gasteiger partial charge is 0.490 e. The van der Waals surface area contributed by atoms with Crippen LogP contribution < -0.4 is 14.5 Å². The van der Waals surface area contributed by atoms with Gasteiger partial charge in [0.15, 0.2) is 17.6 Å². The normalized spacial score (nSPS) is 20.1. The highest BCUT2D eigenvalue weighted by Gasteiger charge is 2.59. The first-order chi connectivity index (χ1) is 19.6. The number of anilines is 1. The zero-order valence-corrected chi connectivity index (χ0v) is 22.2. The summed E-state index contributed by atoms with van der Waals surface area (Å²) < 4.78 is 12.1. The molecule has 40 heavy (non-hydrogen) atoms. The van der Waals surface area contributed by atoms with E-state index in [1.807, 2.05) is 116 Å². The Bertz CT molecular complexity index is 1480. The van der Waals surface area contributed by atoms with Gasteiger partial charge in [-0.25, -0.2) is 5.06 Å². The summed E-state index contributed by atoms with van der Waals surface area (Å²) in [5, 5.41) is 1.69. The molecule has 2 heterocycles. The van der Waals surface area contributed by atoms with Crippen LogP contribution in [0.1, 0.15) is 29.7 Å². The molecule has 2 amide bonds. The van der Waals surface area contributed by atoms with Crippen LogP contribution in [-0.2, 0) is 27.6 Å². The van der Waals surface area contributed by atoms with Crippen molar-refractivity contribution in [1.82, 2.24) is 4.90 Å². The Morgan fingerprint density at radius 3 is 2.05 bits per heavy atom. The predicted octanol–water partition coefficient (Wildman–Crippen LogP) is 5.71. The third kappa shape index (κ3) is 4.92. The van der Waals surface area contributed by atoms with Crippen molar-refractivity contribution in [2.24, 2.45) is 5.92 Å². The van der Waals surface area contributed by atoms with Gasteiger partial charge in [-0.1, -0.05) is 84.9 Å². The van der Waals surface area contributed by atoms with Crippen LogP contribution in [0.15, 0.2) is 109 Å². The molecule has 0 aliphatic carbocycles. The van der Waals surface area contributed by atoms with E-state index in [0.717, 1.165) is 22.4 Å². The first-order valence-corrected chi connectivity index (χ1v) is 13.5. The summed E-state index contributed by atoms with van der Waals surface area (Å²) in [6.07, 6.45) is -0.911. The van der Waals surface area contributed by atoms with E-state index in [2.05, 4.69) is 0 Å². The van der Waals surface area contributed by atoms with E-state index in [4.69, 9.17) is 14.3 Å². The van der Waals surface area contributed by atoms with Crippen LogP contribution in [0.5, 0.6) is 11.5 Å². The number of imide groups is 1. The van der Waals surface area contributed by atoms with Crippen molar-refractivity contribution < 1.29 is 23.9 Å². The molecule has 0 spiro atoms. The van der Waals surface area contributed by atoms with Gasteiger partial charge < -0.3 is 9.47 Å². The quantitative estimate of drug-likeness (QED) is 0.256. The first-order valence-electron chi connectivity index (χ1n) is 13.5. The van der Waals surface area contributed by atoms with E-state index in [0.29, 0.717) is 24.7 Å². The van der Waals surface area contributed by atoms with E-state index in [9.17, 15) is 9.59 Å². The van der Waals surface area contributed by atoms with Crippen molar-refractivity contribution in [3.8, 4) is 11.5 Å². The first kappa shape index (κ1) is 25.6. The van der Waals surface area contributed by atoms with Gasteiger partial charge in [0.2, 0.25) is 5.91 Å². The summed E-state index contributed by atoms with van der Waals surface area (Å²) in [5.74, 6) is -0.0947. The molecule has 0 saturated carbocycles. The van der Waals surface area contributed by atoms with Crippen LogP contribution in [0.2, 0.25) is 0 Å². The summed E-state index contributed by atoms with van der Waals surface area (Å²) in [6.45, 7) is 2.97. The zero-order chi connectivity index (χ0) is 27.5. The molecule has 0 aromatic heterocycles. The molecule has 2 aliphatic rings. The van der Waals surface area contributed by atoms with Crippen LogP contribution in [0.25, 0.3) is 0 Å². The Balaban J connectivity index is 1.34. The molecule has 202 valence electrons. The number of benzene rings is 4. The van der Waals surface area contributed by atoms with Gasteiger partial charge in [0.25, 0.3) is 5.91 Å². The molecule has 2 fully saturated rings. The van der Waals surface area contributed by atoms with Gasteiger partial charge in [-0.15, -0.1) is 0 Å². The van der Waals surface area contributed by atoms with Gasteiger partial charge >= 0.3 is 0 Å². The molecule has 6 rings (SSSR count). The number of carbonyl (C=O) groups excluding carboxylic acids is 2. The summed E-state index contributed by atoms with van der Waals surface area (Å²) in [6, 6.07) is 34.1. The van der Waals surface area contributed by atoms with Crippen LogP contribution >= 0.6 is 0 Å². The number of ether oxygens (including phenoxy) is 2. The van der Waals surface area contributed by atoms with Crippen LogP contribution in [0, 0.1) is 5.92 Å². The van der Waals surface area contributed by atoms with E-state index in [1.54, 1.807) is 5.06 Å². The Hall–Kier alpha value is -4.62. The lowest BCUT2D eigenvalue weighted by molar-refractivity contribution is -0.143. The number of hydrogen-bond donors (Lipinski definition) is 0. The molecule has 7 nitrogen and oxygen atoms in total. The predicted molar refractivity (Wildman–Crippen MR) is 150 cm³/mol. The second kappa shape index (κ2) is 11.2. The third-order valence-electron chi connectivity index (χ3n) is 7.25. The maximum absolute atomic E-state index is 13.8. The molecule has 2 saturated heterocycles. The number of likely N-dealkylation sites (tertiary alicyclic amines) is 1. The van der Waals surface area contributed by atoms with Gasteiger partial charge in [-0.3, -0.25) is 19.3 Å². The van der Waals surface area contributed by atoms with Crippen LogP contribution in [0.3, 0.4) is 0 Å². The minimum atomic E-state index is -0.911. The maximum Gasteiger partial charge on any atom is 0.262 e. The smallest absolute Gasteiger partial charge is 0.262 e. The summed E-state index contributed by atoms with van der Waals surface area (Å²) >= 11 is 0. The van der Waals surface area contributed by atoms with Crippen molar-refractivity contribution in [2.45, 2.75) is 32.2 Å². The standard InChI is InChI=1S/C33H30N2O5/c1-2-38-28-20-25(18-19-27(28)39-22-24-14-8-4-9-15-24)30-29-31(40-35(30)26-16-10-5-11-17-26)33(37)34(32(29)36)21-23-12-6-3-7-13-23/h3-20,29-31H,2,21-22H2,1H3/t29-,30+,31+/m0/s1. The summed E-state index contributed by atoms with van der Waals surface area (Å²) in [7, 11) is 0. The molecule has 7 heteroatoms. The van der Waals surface area contributed by atoms with Gasteiger partial charge in [-0.05, 0) is 47.9 Å². The monoisotopic (exact) mass is 534 g/mol. The van der Waals surface area contributed by atoms with Gasteiger partial charge in [-0.2, -0.15) is 0 Å². The molecule has 4 aromatic carbocycles. The highest BCUT2D eigenvalue weighted by Crippen LogP contribution is 2.48. The second-order valence-electron chi connectivity index (χ2n) is 9.82. The number of hydrogen-bond acceptors (Lipinski definition) is 6. The third-order valence-corrected chi connectivity index (χ3v) is 7.25. The number of para-hydroxylation sites is 1. The van der Waals surface area contributed by atoms with E-state index in [1.165, 1.54) is 4.90 Å². The summed E-state index contributed by atoms with van der Waals surface area (Å²) in [5.41, 5.74) is 3.50. The van der Waals surface area contributed by atoms with E-state index >= 15 is 0 Å².